The van der Waals surface area contributed by atoms with Gasteiger partial charge in [0.05, 0.1) is 10.7 Å². The fourth-order valence-electron chi connectivity index (χ4n) is 1.37. The smallest absolute Gasteiger partial charge is 0.319 e. The van der Waals surface area contributed by atoms with Gasteiger partial charge in [-0.2, -0.15) is 13.2 Å². The molecule has 0 fully saturated rings. The lowest BCUT2D eigenvalue weighted by atomic mass is 9.94. The summed E-state index contributed by atoms with van der Waals surface area (Å²) in [5, 5.41) is 3.32. The molecular weight excluding hydrogens is 319 g/mol. The minimum Gasteiger partial charge on any atom is -0.319 e. The molecule has 0 bridgehead atoms. The first-order valence-corrected chi connectivity index (χ1v) is 6.04. The van der Waals surface area contributed by atoms with Gasteiger partial charge in [-0.15, -0.1) is 0 Å². The third-order valence-electron chi connectivity index (χ3n) is 2.93. The minimum absolute atomic E-state index is 0.000565. The van der Waals surface area contributed by atoms with Gasteiger partial charge in [-0.25, -0.2) is 13.6 Å². The second-order valence-corrected chi connectivity index (χ2v) is 4.98. The zero-order valence-corrected chi connectivity index (χ0v) is 11.7. The van der Waals surface area contributed by atoms with Gasteiger partial charge in [-0.1, -0.05) is 23.7 Å². The van der Waals surface area contributed by atoms with Crippen molar-refractivity contribution >= 4 is 23.3 Å². The number of hydrogen-bond donors (Lipinski definition) is 2. The molecule has 1 aromatic rings. The predicted molar refractivity (Wildman–Crippen MR) is 68.7 cm³/mol. The Bertz CT molecular complexity index is 513. The van der Waals surface area contributed by atoms with E-state index >= 15 is 0 Å². The fourth-order valence-corrected chi connectivity index (χ4v) is 1.56. The number of benzene rings is 1. The van der Waals surface area contributed by atoms with Crippen LogP contribution >= 0.6 is 11.6 Å². The largest absolute Gasteiger partial charge is 0.417 e. The number of urea groups is 1. The number of anilines is 1. The molecule has 9 heteroatoms. The molecular formula is C12H12ClF5N2O. The van der Waals surface area contributed by atoms with E-state index in [1.54, 1.807) is 0 Å². The van der Waals surface area contributed by atoms with Crippen LogP contribution < -0.4 is 10.6 Å². The summed E-state index contributed by atoms with van der Waals surface area (Å²) >= 11 is 5.71. The van der Waals surface area contributed by atoms with Crippen LogP contribution in [0, 0.1) is 0 Å². The van der Waals surface area contributed by atoms with Gasteiger partial charge in [0.25, 0.3) is 5.92 Å². The molecule has 1 unspecified atom stereocenters. The minimum atomic E-state index is -5.34. The number of carbonyl (C=O) groups excluding carboxylic acids is 1. The van der Waals surface area contributed by atoms with Crippen LogP contribution in [0.25, 0.3) is 0 Å². The van der Waals surface area contributed by atoms with Crippen molar-refractivity contribution < 1.29 is 26.7 Å². The highest BCUT2D eigenvalue weighted by molar-refractivity contribution is 6.33. The summed E-state index contributed by atoms with van der Waals surface area (Å²) in [6.45, 7) is 0.287. The lowest BCUT2D eigenvalue weighted by Crippen LogP contribution is -2.66. The maximum absolute atomic E-state index is 13.3. The van der Waals surface area contributed by atoms with E-state index in [0.29, 0.717) is 0 Å². The highest BCUT2D eigenvalue weighted by Crippen LogP contribution is 2.41. The molecule has 21 heavy (non-hydrogen) atoms. The Balaban J connectivity index is 2.96. The molecule has 0 radical (unpaired) electrons. The van der Waals surface area contributed by atoms with Crippen LogP contribution in [-0.2, 0) is 0 Å². The monoisotopic (exact) mass is 330 g/mol. The number of carbonyl (C=O) groups is 1. The van der Waals surface area contributed by atoms with Crippen molar-refractivity contribution in [2.75, 3.05) is 5.32 Å². The van der Waals surface area contributed by atoms with Gasteiger partial charge in [-0.3, -0.25) is 0 Å². The first-order valence-electron chi connectivity index (χ1n) is 5.67. The standard InChI is InChI=1S/C12H12ClF5N2O/c1-10(11(2,14)15,12(16,17)18)20-9(21)19-8-6-4-3-5-7(8)13/h3-6H,1-2H3,(H2,19,20,21). The molecule has 2 amide bonds. The number of hydrogen-bond acceptors (Lipinski definition) is 1. The highest BCUT2D eigenvalue weighted by Gasteiger charge is 2.65. The lowest BCUT2D eigenvalue weighted by Gasteiger charge is -2.37. The van der Waals surface area contributed by atoms with Crippen molar-refractivity contribution in [1.29, 1.82) is 0 Å². The van der Waals surface area contributed by atoms with E-state index in [0.717, 1.165) is 0 Å². The first kappa shape index (κ1) is 17.5. The number of amides is 2. The van der Waals surface area contributed by atoms with Gasteiger partial charge < -0.3 is 10.6 Å². The van der Waals surface area contributed by atoms with Crippen molar-refractivity contribution in [2.45, 2.75) is 31.5 Å². The van der Waals surface area contributed by atoms with E-state index in [1.165, 1.54) is 29.6 Å². The second-order valence-electron chi connectivity index (χ2n) is 4.57. The molecule has 0 spiro atoms. The Morgan fingerprint density at radius 2 is 1.62 bits per heavy atom. The summed E-state index contributed by atoms with van der Waals surface area (Å²) in [5.74, 6) is -4.22. The Kier molecular flexibility index (Phi) is 4.72. The van der Waals surface area contributed by atoms with E-state index in [-0.39, 0.29) is 24.6 Å². The summed E-state index contributed by atoms with van der Waals surface area (Å²) in [7, 11) is 0. The Hall–Kier alpha value is -1.57. The first-order chi connectivity index (χ1) is 9.38. The van der Waals surface area contributed by atoms with Gasteiger partial charge >= 0.3 is 12.2 Å². The highest BCUT2D eigenvalue weighted by atomic mass is 35.5. The van der Waals surface area contributed by atoms with Gasteiger partial charge in [-0.05, 0) is 19.1 Å². The van der Waals surface area contributed by atoms with Gasteiger partial charge in [0.2, 0.25) is 0 Å². The third kappa shape index (κ3) is 3.75. The average molecular weight is 331 g/mol. The van der Waals surface area contributed by atoms with E-state index in [1.807, 2.05) is 5.32 Å². The Morgan fingerprint density at radius 1 is 1.10 bits per heavy atom. The molecule has 0 aliphatic rings. The molecule has 1 rings (SSSR count). The maximum atomic E-state index is 13.3. The Labute approximate surface area is 122 Å². The van der Waals surface area contributed by atoms with Crippen LogP contribution in [0.1, 0.15) is 13.8 Å². The van der Waals surface area contributed by atoms with Gasteiger partial charge in [0, 0.05) is 6.92 Å². The molecule has 0 saturated heterocycles. The van der Waals surface area contributed by atoms with Crippen LogP contribution in [0.5, 0.6) is 0 Å². The van der Waals surface area contributed by atoms with Crippen molar-refractivity contribution in [3.8, 4) is 0 Å². The van der Waals surface area contributed by atoms with Gasteiger partial charge in [0.15, 0.2) is 5.54 Å². The van der Waals surface area contributed by atoms with Crippen LogP contribution in [0.15, 0.2) is 24.3 Å². The number of nitrogens with one attached hydrogen (secondary N) is 2. The molecule has 1 atom stereocenters. The quantitative estimate of drug-likeness (QED) is 0.790. The van der Waals surface area contributed by atoms with Crippen LogP contribution in [0.3, 0.4) is 0 Å². The number of para-hydroxylation sites is 1. The maximum Gasteiger partial charge on any atom is 0.417 e. The molecule has 1 aromatic carbocycles. The summed E-state index contributed by atoms with van der Waals surface area (Å²) < 4.78 is 65.0. The van der Waals surface area contributed by atoms with E-state index < -0.39 is 23.7 Å². The van der Waals surface area contributed by atoms with Gasteiger partial charge in [0.1, 0.15) is 0 Å². The van der Waals surface area contributed by atoms with Crippen LogP contribution in [0.2, 0.25) is 5.02 Å². The number of alkyl halides is 5. The molecule has 2 N–H and O–H groups in total. The van der Waals surface area contributed by atoms with E-state index in [4.69, 9.17) is 11.6 Å². The van der Waals surface area contributed by atoms with Crippen molar-refractivity contribution in [3.05, 3.63) is 29.3 Å². The van der Waals surface area contributed by atoms with E-state index in [2.05, 4.69) is 0 Å². The number of halogens is 6. The summed E-state index contributed by atoms with van der Waals surface area (Å²) in [4.78, 5) is 11.6. The summed E-state index contributed by atoms with van der Waals surface area (Å²) in [5.41, 5.74) is -3.72. The van der Waals surface area contributed by atoms with Crippen molar-refractivity contribution in [3.63, 3.8) is 0 Å². The topological polar surface area (TPSA) is 41.1 Å². The molecule has 0 saturated carbocycles. The molecule has 0 aliphatic heterocycles. The average Bonchev–Trinajstić information content (AvgIpc) is 2.29. The third-order valence-corrected chi connectivity index (χ3v) is 3.26. The van der Waals surface area contributed by atoms with E-state index in [9.17, 15) is 26.7 Å². The molecule has 0 heterocycles. The Morgan fingerprint density at radius 3 is 2.05 bits per heavy atom. The molecule has 3 nitrogen and oxygen atoms in total. The second kappa shape index (κ2) is 5.67. The van der Waals surface area contributed by atoms with Crippen molar-refractivity contribution in [2.24, 2.45) is 0 Å². The fraction of sp³-hybridized carbons (Fsp3) is 0.417. The summed E-state index contributed by atoms with van der Waals surface area (Å²) in [6, 6.07) is 4.26. The normalized spacial score (nSPS) is 15.2. The zero-order chi connectivity index (χ0) is 16.5. The SMILES string of the molecule is CC(F)(F)C(C)(NC(=O)Nc1ccccc1Cl)C(F)(F)F. The molecule has 0 aromatic heterocycles. The zero-order valence-electron chi connectivity index (χ0n) is 11.0. The van der Waals surface area contributed by atoms with Crippen molar-refractivity contribution in [1.82, 2.24) is 5.32 Å². The van der Waals surface area contributed by atoms with Crippen LogP contribution in [-0.4, -0.2) is 23.7 Å². The lowest BCUT2D eigenvalue weighted by molar-refractivity contribution is -0.249. The molecule has 118 valence electrons. The number of rotatable bonds is 3. The molecule has 0 aliphatic carbocycles. The summed E-state index contributed by atoms with van der Waals surface area (Å²) in [6.07, 6.45) is -5.34. The van der Waals surface area contributed by atoms with Crippen LogP contribution in [0.4, 0.5) is 32.4 Å². The predicted octanol–water partition coefficient (Wildman–Crippen LogP) is 4.44.